The lowest BCUT2D eigenvalue weighted by Crippen LogP contribution is -2.64. The molecule has 4 nitrogen and oxygen atoms in total. The van der Waals surface area contributed by atoms with Gasteiger partial charge in [0.1, 0.15) is 0 Å². The number of carbonyl (C=O) groups excluding carboxylic acids is 1. The molecule has 2 aliphatic rings. The van der Waals surface area contributed by atoms with E-state index in [1.165, 1.54) is 0 Å². The first-order chi connectivity index (χ1) is 7.81. The van der Waals surface area contributed by atoms with Crippen LogP contribution in [0.4, 0.5) is 0 Å². The van der Waals surface area contributed by atoms with Gasteiger partial charge in [-0.2, -0.15) is 0 Å². The van der Waals surface area contributed by atoms with Crippen molar-refractivity contribution in [3.8, 4) is 0 Å². The minimum atomic E-state index is -0.873. The largest absolute Gasteiger partial charge is 0.361 e. The molecule has 0 aromatic carbocycles. The van der Waals surface area contributed by atoms with Crippen LogP contribution in [0, 0.1) is 11.3 Å². The summed E-state index contributed by atoms with van der Waals surface area (Å²) in [6.07, 6.45) is 3.87. The minimum Gasteiger partial charge on any atom is -0.361 e. The molecule has 1 aliphatic heterocycles. The minimum absolute atomic E-state index is 0.0366. The molecule has 0 bridgehead atoms. The van der Waals surface area contributed by atoms with E-state index < -0.39 is 6.35 Å². The Morgan fingerprint density at radius 2 is 1.88 bits per heavy atom. The lowest BCUT2D eigenvalue weighted by molar-refractivity contribution is -0.133. The fourth-order valence-corrected chi connectivity index (χ4v) is 3.25. The molecule has 1 heterocycles. The predicted molar refractivity (Wildman–Crippen MR) is 66.0 cm³/mol. The molecule has 1 spiro atoms. The molecule has 98 valence electrons. The Morgan fingerprint density at radius 1 is 1.29 bits per heavy atom. The molecular formula is C13H24N2O2. The summed E-state index contributed by atoms with van der Waals surface area (Å²) < 4.78 is 0. The van der Waals surface area contributed by atoms with Gasteiger partial charge in [0.15, 0.2) is 6.35 Å². The quantitative estimate of drug-likeness (QED) is 0.599. The maximum atomic E-state index is 11.5. The van der Waals surface area contributed by atoms with E-state index in [-0.39, 0.29) is 11.4 Å². The Morgan fingerprint density at radius 3 is 2.35 bits per heavy atom. The number of rotatable bonds is 0. The summed E-state index contributed by atoms with van der Waals surface area (Å²) in [7, 11) is 0. The molecule has 4 heteroatoms. The molecular weight excluding hydrogens is 216 g/mol. The Bertz CT molecular complexity index is 301. The van der Waals surface area contributed by atoms with E-state index in [9.17, 15) is 9.90 Å². The Balaban J connectivity index is 2.00. The van der Waals surface area contributed by atoms with Gasteiger partial charge in [0, 0.05) is 12.0 Å². The highest BCUT2D eigenvalue weighted by Gasteiger charge is 2.43. The maximum absolute atomic E-state index is 11.5. The zero-order valence-electron chi connectivity index (χ0n) is 11.0. The highest BCUT2D eigenvalue weighted by atomic mass is 16.3. The summed E-state index contributed by atoms with van der Waals surface area (Å²) >= 11 is 0. The molecule has 1 aliphatic carbocycles. The smallest absolute Gasteiger partial charge is 0.224 e. The van der Waals surface area contributed by atoms with Crippen molar-refractivity contribution >= 4 is 5.91 Å². The molecule has 0 aromatic heterocycles. The van der Waals surface area contributed by atoms with Gasteiger partial charge >= 0.3 is 0 Å². The fraction of sp³-hybridized carbons (Fsp3) is 0.923. The average molecular weight is 240 g/mol. The van der Waals surface area contributed by atoms with Gasteiger partial charge in [0.2, 0.25) is 5.91 Å². The SMILES string of the molecule is CC(C)(C)C1CCC2(CC1)CC(=O)NC(O)N2. The fourth-order valence-electron chi connectivity index (χ4n) is 3.25. The van der Waals surface area contributed by atoms with Gasteiger partial charge in [-0.3, -0.25) is 10.1 Å². The van der Waals surface area contributed by atoms with E-state index in [1.807, 2.05) is 0 Å². The molecule has 0 radical (unpaired) electrons. The van der Waals surface area contributed by atoms with E-state index in [0.717, 1.165) is 31.6 Å². The van der Waals surface area contributed by atoms with Gasteiger partial charge in [-0.15, -0.1) is 0 Å². The van der Waals surface area contributed by atoms with E-state index in [0.29, 0.717) is 11.8 Å². The molecule has 1 unspecified atom stereocenters. The highest BCUT2D eigenvalue weighted by Crippen LogP contribution is 2.43. The zero-order valence-corrected chi connectivity index (χ0v) is 11.0. The molecule has 3 N–H and O–H groups in total. The van der Waals surface area contributed by atoms with Crippen molar-refractivity contribution in [3.63, 3.8) is 0 Å². The molecule has 1 saturated heterocycles. The number of hydrogen-bond acceptors (Lipinski definition) is 3. The number of hydrogen-bond donors (Lipinski definition) is 3. The van der Waals surface area contributed by atoms with Gasteiger partial charge < -0.3 is 10.4 Å². The Labute approximate surface area is 103 Å². The van der Waals surface area contributed by atoms with Crippen LogP contribution in [0.15, 0.2) is 0 Å². The van der Waals surface area contributed by atoms with Crippen LogP contribution in [0.1, 0.15) is 52.9 Å². The maximum Gasteiger partial charge on any atom is 0.224 e. The van der Waals surface area contributed by atoms with Gasteiger partial charge in [-0.25, -0.2) is 0 Å². The molecule has 1 amide bonds. The average Bonchev–Trinajstić information content (AvgIpc) is 2.14. The zero-order chi connectivity index (χ0) is 12.7. The standard InChI is InChI=1S/C13H24N2O2/c1-12(2,3)9-4-6-13(7-5-9)8-10(16)14-11(17)15-13/h9,11,15,17H,4-8H2,1-3H3,(H,14,16). The van der Waals surface area contributed by atoms with Gasteiger partial charge in [-0.1, -0.05) is 20.8 Å². The number of aliphatic hydroxyl groups excluding tert-OH is 1. The van der Waals surface area contributed by atoms with E-state index in [1.54, 1.807) is 0 Å². The van der Waals surface area contributed by atoms with Crippen LogP contribution >= 0.6 is 0 Å². The number of nitrogens with one attached hydrogen (secondary N) is 2. The van der Waals surface area contributed by atoms with Crippen molar-refractivity contribution in [1.29, 1.82) is 0 Å². The molecule has 2 rings (SSSR count). The molecule has 2 fully saturated rings. The second-order valence-corrected chi connectivity index (χ2v) is 6.71. The van der Waals surface area contributed by atoms with Gasteiger partial charge in [0.25, 0.3) is 0 Å². The third kappa shape index (κ3) is 2.80. The monoisotopic (exact) mass is 240 g/mol. The summed E-state index contributed by atoms with van der Waals surface area (Å²) in [6, 6.07) is 0. The summed E-state index contributed by atoms with van der Waals surface area (Å²) in [5, 5.41) is 15.2. The normalized spacial score (nSPS) is 39.2. The molecule has 1 atom stereocenters. The van der Waals surface area contributed by atoms with E-state index >= 15 is 0 Å². The number of aliphatic hydroxyl groups is 1. The third-order valence-electron chi connectivity index (χ3n) is 4.41. The van der Waals surface area contributed by atoms with Crippen molar-refractivity contribution in [2.75, 3.05) is 0 Å². The second-order valence-electron chi connectivity index (χ2n) is 6.71. The van der Waals surface area contributed by atoms with Crippen molar-refractivity contribution < 1.29 is 9.90 Å². The van der Waals surface area contributed by atoms with Crippen LogP contribution in [0.2, 0.25) is 0 Å². The lowest BCUT2D eigenvalue weighted by Gasteiger charge is -2.47. The first kappa shape index (κ1) is 12.8. The highest BCUT2D eigenvalue weighted by molar-refractivity contribution is 5.78. The lowest BCUT2D eigenvalue weighted by atomic mass is 9.66. The molecule has 1 saturated carbocycles. The van der Waals surface area contributed by atoms with Crippen LogP contribution in [0.3, 0.4) is 0 Å². The van der Waals surface area contributed by atoms with Crippen molar-refractivity contribution in [3.05, 3.63) is 0 Å². The van der Waals surface area contributed by atoms with Crippen LogP contribution in [0.5, 0.6) is 0 Å². The summed E-state index contributed by atoms with van der Waals surface area (Å²) in [5.41, 5.74) is 0.181. The van der Waals surface area contributed by atoms with Crippen LogP contribution in [0.25, 0.3) is 0 Å². The summed E-state index contributed by atoms with van der Waals surface area (Å²) in [4.78, 5) is 11.5. The first-order valence-electron chi connectivity index (χ1n) is 6.56. The number of carbonyl (C=O) groups is 1. The third-order valence-corrected chi connectivity index (χ3v) is 4.41. The Kier molecular flexibility index (Phi) is 3.21. The number of amides is 1. The van der Waals surface area contributed by atoms with Gasteiger partial charge in [-0.05, 0) is 37.0 Å². The molecule has 0 aromatic rings. The van der Waals surface area contributed by atoms with Crippen LogP contribution in [-0.4, -0.2) is 22.9 Å². The van der Waals surface area contributed by atoms with Crippen molar-refractivity contribution in [2.45, 2.75) is 64.8 Å². The summed E-state index contributed by atoms with van der Waals surface area (Å²) in [5.74, 6) is 0.683. The predicted octanol–water partition coefficient (Wildman–Crippen LogP) is 1.35. The summed E-state index contributed by atoms with van der Waals surface area (Å²) in [6.45, 7) is 6.85. The van der Waals surface area contributed by atoms with Crippen LogP contribution < -0.4 is 10.6 Å². The Hall–Kier alpha value is -0.610. The molecule has 17 heavy (non-hydrogen) atoms. The van der Waals surface area contributed by atoms with Crippen molar-refractivity contribution in [1.82, 2.24) is 10.6 Å². The van der Waals surface area contributed by atoms with E-state index in [4.69, 9.17) is 0 Å². The van der Waals surface area contributed by atoms with Crippen LogP contribution in [-0.2, 0) is 4.79 Å². The van der Waals surface area contributed by atoms with Gasteiger partial charge in [0.05, 0.1) is 0 Å². The first-order valence-corrected chi connectivity index (χ1v) is 6.56. The van der Waals surface area contributed by atoms with Crippen molar-refractivity contribution in [2.24, 2.45) is 11.3 Å². The topological polar surface area (TPSA) is 61.4 Å². The van der Waals surface area contributed by atoms with E-state index in [2.05, 4.69) is 31.4 Å². The second kappa shape index (κ2) is 4.25.